The van der Waals surface area contributed by atoms with Crippen LogP contribution in [0.2, 0.25) is 0 Å². The average molecular weight is 331 g/mol. The quantitative estimate of drug-likeness (QED) is 0.794. The van der Waals surface area contributed by atoms with Crippen molar-refractivity contribution in [1.82, 2.24) is 9.78 Å². The van der Waals surface area contributed by atoms with Gasteiger partial charge in [-0.15, -0.1) is 0 Å². The Balaban J connectivity index is 1.99. The first-order valence-corrected chi connectivity index (χ1v) is 6.99. The van der Waals surface area contributed by atoms with Crippen molar-refractivity contribution in [1.29, 1.82) is 0 Å². The van der Waals surface area contributed by atoms with E-state index in [2.05, 4.69) is 10.4 Å². The monoisotopic (exact) mass is 331 g/mol. The molecule has 0 saturated heterocycles. The standard InChI is InChI=1S/C17H12F3N3O/c1-23-9-11(8-21-23)17(24)22-16-7-12(18)3-4-13(16)10-2-5-14(19)15(20)6-10/h2-9H,1H3,(H,22,24). The van der Waals surface area contributed by atoms with Crippen LogP contribution in [0.25, 0.3) is 11.1 Å². The predicted octanol–water partition coefficient (Wildman–Crippen LogP) is 3.76. The summed E-state index contributed by atoms with van der Waals surface area (Å²) in [5.74, 6) is -3.07. The summed E-state index contributed by atoms with van der Waals surface area (Å²) >= 11 is 0. The molecule has 7 heteroatoms. The van der Waals surface area contributed by atoms with Crippen LogP contribution in [0.1, 0.15) is 10.4 Å². The van der Waals surface area contributed by atoms with Gasteiger partial charge in [0.15, 0.2) is 11.6 Å². The number of hydrogen-bond acceptors (Lipinski definition) is 2. The molecule has 0 bridgehead atoms. The largest absolute Gasteiger partial charge is 0.321 e. The van der Waals surface area contributed by atoms with Gasteiger partial charge in [-0.05, 0) is 35.9 Å². The summed E-state index contributed by atoms with van der Waals surface area (Å²) in [7, 11) is 1.66. The van der Waals surface area contributed by atoms with Crippen LogP contribution < -0.4 is 5.32 Å². The fourth-order valence-electron chi connectivity index (χ4n) is 2.27. The summed E-state index contributed by atoms with van der Waals surface area (Å²) in [6.45, 7) is 0. The van der Waals surface area contributed by atoms with Crippen LogP contribution in [-0.4, -0.2) is 15.7 Å². The number of hydrogen-bond donors (Lipinski definition) is 1. The molecule has 24 heavy (non-hydrogen) atoms. The number of amides is 1. The molecular formula is C17H12F3N3O. The Morgan fingerprint density at radius 1 is 1.08 bits per heavy atom. The highest BCUT2D eigenvalue weighted by Gasteiger charge is 2.14. The van der Waals surface area contributed by atoms with Crippen LogP contribution in [0.4, 0.5) is 18.9 Å². The first kappa shape index (κ1) is 15.8. The van der Waals surface area contributed by atoms with Gasteiger partial charge in [-0.2, -0.15) is 5.10 Å². The van der Waals surface area contributed by atoms with E-state index in [1.807, 2.05) is 0 Å². The maximum Gasteiger partial charge on any atom is 0.258 e. The molecule has 0 unspecified atom stereocenters. The zero-order valence-electron chi connectivity index (χ0n) is 12.6. The molecule has 0 atom stereocenters. The van der Waals surface area contributed by atoms with Crippen LogP contribution in [-0.2, 0) is 7.05 Å². The number of nitrogens with zero attached hydrogens (tertiary/aromatic N) is 2. The Labute approximate surface area is 135 Å². The smallest absolute Gasteiger partial charge is 0.258 e. The number of carbonyl (C=O) groups is 1. The SMILES string of the molecule is Cn1cc(C(=O)Nc2cc(F)ccc2-c2ccc(F)c(F)c2)cn1. The molecule has 1 heterocycles. The summed E-state index contributed by atoms with van der Waals surface area (Å²) in [6, 6.07) is 7.00. The number of benzene rings is 2. The molecule has 3 rings (SSSR count). The minimum absolute atomic E-state index is 0.148. The van der Waals surface area contributed by atoms with Crippen LogP contribution in [0, 0.1) is 17.5 Å². The highest BCUT2D eigenvalue weighted by atomic mass is 19.2. The van der Waals surface area contributed by atoms with E-state index >= 15 is 0 Å². The van der Waals surface area contributed by atoms with Gasteiger partial charge in [0.1, 0.15) is 5.82 Å². The van der Waals surface area contributed by atoms with E-state index in [9.17, 15) is 18.0 Å². The third-order valence-electron chi connectivity index (χ3n) is 3.43. The Kier molecular flexibility index (Phi) is 4.07. The van der Waals surface area contributed by atoms with Crippen molar-refractivity contribution in [2.75, 3.05) is 5.32 Å². The lowest BCUT2D eigenvalue weighted by atomic mass is 10.0. The highest BCUT2D eigenvalue weighted by Crippen LogP contribution is 2.30. The number of halogens is 3. The van der Waals surface area contributed by atoms with E-state index in [1.54, 1.807) is 7.05 Å². The number of rotatable bonds is 3. The molecule has 1 aromatic heterocycles. The molecule has 0 saturated carbocycles. The maximum atomic E-state index is 13.6. The van der Waals surface area contributed by atoms with E-state index in [1.165, 1.54) is 35.3 Å². The van der Waals surface area contributed by atoms with Gasteiger partial charge in [0, 0.05) is 18.8 Å². The first-order valence-electron chi connectivity index (χ1n) is 6.99. The lowest BCUT2D eigenvalue weighted by Crippen LogP contribution is -2.12. The van der Waals surface area contributed by atoms with E-state index < -0.39 is 23.4 Å². The van der Waals surface area contributed by atoms with Crippen molar-refractivity contribution in [3.05, 3.63) is 71.8 Å². The van der Waals surface area contributed by atoms with E-state index in [0.717, 1.165) is 18.2 Å². The minimum atomic E-state index is -1.03. The normalized spacial score (nSPS) is 10.7. The van der Waals surface area contributed by atoms with Gasteiger partial charge in [0.2, 0.25) is 0 Å². The number of nitrogens with one attached hydrogen (secondary N) is 1. The summed E-state index contributed by atoms with van der Waals surface area (Å²) < 4.78 is 41.6. The van der Waals surface area contributed by atoms with Crippen LogP contribution in [0.3, 0.4) is 0 Å². The van der Waals surface area contributed by atoms with Crippen molar-refractivity contribution in [3.63, 3.8) is 0 Å². The number of aryl methyl sites for hydroxylation is 1. The topological polar surface area (TPSA) is 46.9 Å². The molecule has 0 aliphatic carbocycles. The van der Waals surface area contributed by atoms with Crippen LogP contribution in [0.5, 0.6) is 0 Å². The molecule has 0 radical (unpaired) electrons. The molecule has 2 aromatic carbocycles. The lowest BCUT2D eigenvalue weighted by molar-refractivity contribution is 0.102. The fraction of sp³-hybridized carbons (Fsp3) is 0.0588. The molecule has 3 aromatic rings. The van der Waals surface area contributed by atoms with Gasteiger partial charge < -0.3 is 5.32 Å². The molecule has 0 spiro atoms. The Hall–Kier alpha value is -3.09. The van der Waals surface area contributed by atoms with Gasteiger partial charge in [0.25, 0.3) is 5.91 Å². The fourth-order valence-corrected chi connectivity index (χ4v) is 2.27. The molecule has 1 amide bonds. The molecule has 4 nitrogen and oxygen atoms in total. The van der Waals surface area contributed by atoms with E-state index in [0.29, 0.717) is 11.1 Å². The average Bonchev–Trinajstić information content (AvgIpc) is 2.97. The maximum absolute atomic E-state index is 13.6. The van der Waals surface area contributed by atoms with Gasteiger partial charge in [-0.1, -0.05) is 6.07 Å². The van der Waals surface area contributed by atoms with Crippen molar-refractivity contribution >= 4 is 11.6 Å². The second-order valence-electron chi connectivity index (χ2n) is 5.18. The van der Waals surface area contributed by atoms with Crippen molar-refractivity contribution < 1.29 is 18.0 Å². The molecule has 0 aliphatic rings. The third-order valence-corrected chi connectivity index (χ3v) is 3.43. The van der Waals surface area contributed by atoms with E-state index in [4.69, 9.17) is 0 Å². The van der Waals surface area contributed by atoms with Crippen LogP contribution in [0.15, 0.2) is 48.8 Å². The zero-order valence-corrected chi connectivity index (χ0v) is 12.6. The Morgan fingerprint density at radius 2 is 1.88 bits per heavy atom. The number of carbonyl (C=O) groups excluding carboxylic acids is 1. The number of anilines is 1. The summed E-state index contributed by atoms with van der Waals surface area (Å²) in [6.07, 6.45) is 2.87. The Bertz CT molecular complexity index is 921. The lowest BCUT2D eigenvalue weighted by Gasteiger charge is -2.11. The van der Waals surface area contributed by atoms with Gasteiger partial charge >= 0.3 is 0 Å². The summed E-state index contributed by atoms with van der Waals surface area (Å²) in [5, 5.41) is 6.45. The first-order chi connectivity index (χ1) is 11.4. The molecule has 1 N–H and O–H groups in total. The Morgan fingerprint density at radius 3 is 2.54 bits per heavy atom. The highest BCUT2D eigenvalue weighted by molar-refractivity contribution is 6.06. The summed E-state index contributed by atoms with van der Waals surface area (Å²) in [5.41, 5.74) is 1.12. The predicted molar refractivity (Wildman–Crippen MR) is 82.9 cm³/mol. The van der Waals surface area contributed by atoms with Crippen molar-refractivity contribution in [2.24, 2.45) is 7.05 Å². The third kappa shape index (κ3) is 3.15. The summed E-state index contributed by atoms with van der Waals surface area (Å²) in [4.78, 5) is 12.2. The van der Waals surface area contributed by atoms with Gasteiger partial charge in [0.05, 0.1) is 17.4 Å². The van der Waals surface area contributed by atoms with Gasteiger partial charge in [-0.3, -0.25) is 9.48 Å². The van der Waals surface area contributed by atoms with Crippen LogP contribution >= 0.6 is 0 Å². The molecular weight excluding hydrogens is 319 g/mol. The van der Waals surface area contributed by atoms with Crippen molar-refractivity contribution in [3.8, 4) is 11.1 Å². The molecule has 0 fully saturated rings. The molecule has 122 valence electrons. The second-order valence-corrected chi connectivity index (χ2v) is 5.18. The van der Waals surface area contributed by atoms with Crippen molar-refractivity contribution in [2.45, 2.75) is 0 Å². The zero-order chi connectivity index (χ0) is 17.3. The second kappa shape index (κ2) is 6.19. The minimum Gasteiger partial charge on any atom is -0.321 e. The number of aromatic nitrogens is 2. The molecule has 0 aliphatic heterocycles. The van der Waals surface area contributed by atoms with E-state index in [-0.39, 0.29) is 11.3 Å². The van der Waals surface area contributed by atoms with Gasteiger partial charge in [-0.25, -0.2) is 13.2 Å².